The van der Waals surface area contributed by atoms with E-state index in [2.05, 4.69) is 44.7 Å². The predicted octanol–water partition coefficient (Wildman–Crippen LogP) is 2.91. The first-order valence-corrected chi connectivity index (χ1v) is 6.89. The number of rotatable bonds is 5. The van der Waals surface area contributed by atoms with Crippen LogP contribution in [-0.4, -0.2) is 23.6 Å². The molecule has 0 aliphatic carbocycles. The first-order valence-electron chi connectivity index (χ1n) is 6.01. The number of thiophene rings is 1. The summed E-state index contributed by atoms with van der Waals surface area (Å²) in [5.74, 6) is 1.67. The fourth-order valence-corrected chi connectivity index (χ4v) is 2.53. The molecular formula is C13H18N4S. The highest BCUT2D eigenvalue weighted by molar-refractivity contribution is 7.09. The molecule has 2 heterocycles. The van der Waals surface area contributed by atoms with Crippen LogP contribution in [0.15, 0.2) is 23.7 Å². The predicted molar refractivity (Wildman–Crippen MR) is 77.4 cm³/mol. The van der Waals surface area contributed by atoms with Crippen molar-refractivity contribution < 1.29 is 0 Å². The van der Waals surface area contributed by atoms with Gasteiger partial charge in [0.05, 0.1) is 6.54 Å². The van der Waals surface area contributed by atoms with Gasteiger partial charge in [-0.2, -0.15) is 4.98 Å². The van der Waals surface area contributed by atoms with Crippen LogP contribution >= 0.6 is 11.3 Å². The Morgan fingerprint density at radius 2 is 2.28 bits per heavy atom. The minimum absolute atomic E-state index is 0.691. The van der Waals surface area contributed by atoms with Gasteiger partial charge >= 0.3 is 0 Å². The maximum atomic E-state index is 4.55. The zero-order valence-electron chi connectivity index (χ0n) is 11.0. The van der Waals surface area contributed by atoms with Crippen molar-refractivity contribution in [2.24, 2.45) is 0 Å². The third kappa shape index (κ3) is 2.98. The summed E-state index contributed by atoms with van der Waals surface area (Å²) in [6.07, 6.45) is 1.87. The van der Waals surface area contributed by atoms with E-state index in [1.807, 2.05) is 20.0 Å². The lowest BCUT2D eigenvalue weighted by Crippen LogP contribution is -2.19. The zero-order chi connectivity index (χ0) is 13.0. The van der Waals surface area contributed by atoms with Crippen molar-refractivity contribution >= 4 is 23.1 Å². The molecule has 0 atom stereocenters. The first kappa shape index (κ1) is 12.8. The quantitative estimate of drug-likeness (QED) is 0.899. The SMILES string of the molecule is CCNc1ncc(C)c(N(C)Cc2cccs2)n1. The maximum absolute atomic E-state index is 4.55. The summed E-state index contributed by atoms with van der Waals surface area (Å²) >= 11 is 1.77. The summed E-state index contributed by atoms with van der Waals surface area (Å²) in [6.45, 7) is 5.78. The van der Waals surface area contributed by atoms with Gasteiger partial charge in [0.1, 0.15) is 5.82 Å². The van der Waals surface area contributed by atoms with E-state index in [4.69, 9.17) is 0 Å². The average molecular weight is 262 g/mol. The normalized spacial score (nSPS) is 10.4. The van der Waals surface area contributed by atoms with Crippen LogP contribution in [0.1, 0.15) is 17.4 Å². The van der Waals surface area contributed by atoms with Gasteiger partial charge in [0.2, 0.25) is 5.95 Å². The first-order chi connectivity index (χ1) is 8.70. The van der Waals surface area contributed by atoms with E-state index in [1.54, 1.807) is 11.3 Å². The largest absolute Gasteiger partial charge is 0.354 e. The van der Waals surface area contributed by atoms with E-state index in [0.29, 0.717) is 5.95 Å². The summed E-state index contributed by atoms with van der Waals surface area (Å²) in [5, 5.41) is 5.24. The molecule has 0 fully saturated rings. The van der Waals surface area contributed by atoms with Crippen LogP contribution < -0.4 is 10.2 Å². The van der Waals surface area contributed by atoms with Crippen LogP contribution in [0.3, 0.4) is 0 Å². The van der Waals surface area contributed by atoms with Crippen molar-refractivity contribution in [2.75, 3.05) is 23.8 Å². The molecule has 2 aromatic rings. The highest BCUT2D eigenvalue weighted by Gasteiger charge is 2.09. The molecule has 0 aliphatic rings. The van der Waals surface area contributed by atoms with Gasteiger partial charge in [-0.3, -0.25) is 0 Å². The molecule has 4 nitrogen and oxygen atoms in total. The fourth-order valence-electron chi connectivity index (χ4n) is 1.77. The van der Waals surface area contributed by atoms with Gasteiger partial charge in [0, 0.05) is 30.2 Å². The Morgan fingerprint density at radius 1 is 1.44 bits per heavy atom. The molecule has 0 spiro atoms. The van der Waals surface area contributed by atoms with Gasteiger partial charge < -0.3 is 10.2 Å². The lowest BCUT2D eigenvalue weighted by Gasteiger charge is -2.19. The van der Waals surface area contributed by atoms with Crippen LogP contribution in [0.25, 0.3) is 0 Å². The Morgan fingerprint density at radius 3 is 2.94 bits per heavy atom. The van der Waals surface area contributed by atoms with Crippen LogP contribution in [0.4, 0.5) is 11.8 Å². The second-order valence-electron chi connectivity index (χ2n) is 4.17. The van der Waals surface area contributed by atoms with Gasteiger partial charge in [-0.25, -0.2) is 4.98 Å². The topological polar surface area (TPSA) is 41.1 Å². The molecule has 2 rings (SSSR count). The van der Waals surface area contributed by atoms with E-state index in [9.17, 15) is 0 Å². The summed E-state index contributed by atoms with van der Waals surface area (Å²) in [5.41, 5.74) is 1.09. The molecular weight excluding hydrogens is 244 g/mol. The molecule has 5 heteroatoms. The minimum atomic E-state index is 0.691. The van der Waals surface area contributed by atoms with Crippen LogP contribution in [-0.2, 0) is 6.54 Å². The van der Waals surface area contributed by atoms with Crippen LogP contribution in [0, 0.1) is 6.92 Å². The van der Waals surface area contributed by atoms with E-state index < -0.39 is 0 Å². The molecule has 0 amide bonds. The van der Waals surface area contributed by atoms with Gasteiger partial charge in [-0.15, -0.1) is 11.3 Å². The van der Waals surface area contributed by atoms with E-state index in [-0.39, 0.29) is 0 Å². The molecule has 0 unspecified atom stereocenters. The number of nitrogens with zero attached hydrogens (tertiary/aromatic N) is 3. The Hall–Kier alpha value is -1.62. The van der Waals surface area contributed by atoms with Gasteiger partial charge in [0.25, 0.3) is 0 Å². The monoisotopic (exact) mass is 262 g/mol. The van der Waals surface area contributed by atoms with Crippen molar-refractivity contribution in [3.05, 3.63) is 34.2 Å². The van der Waals surface area contributed by atoms with Gasteiger partial charge in [0.15, 0.2) is 0 Å². The molecule has 0 radical (unpaired) electrons. The lowest BCUT2D eigenvalue weighted by atomic mass is 10.3. The molecule has 2 aromatic heterocycles. The summed E-state index contributed by atoms with van der Waals surface area (Å²) in [6, 6.07) is 4.22. The molecule has 0 saturated carbocycles. The number of anilines is 2. The highest BCUT2D eigenvalue weighted by atomic mass is 32.1. The van der Waals surface area contributed by atoms with Crippen LogP contribution in [0.2, 0.25) is 0 Å². The van der Waals surface area contributed by atoms with Crippen molar-refractivity contribution in [1.82, 2.24) is 9.97 Å². The van der Waals surface area contributed by atoms with E-state index in [0.717, 1.165) is 24.5 Å². The molecule has 96 valence electrons. The smallest absolute Gasteiger partial charge is 0.224 e. The van der Waals surface area contributed by atoms with Crippen molar-refractivity contribution in [3.8, 4) is 0 Å². The number of nitrogens with one attached hydrogen (secondary N) is 1. The summed E-state index contributed by atoms with van der Waals surface area (Å²) in [7, 11) is 2.06. The molecule has 0 aliphatic heterocycles. The lowest BCUT2D eigenvalue weighted by molar-refractivity contribution is 0.893. The summed E-state index contributed by atoms with van der Waals surface area (Å²) < 4.78 is 0. The number of hydrogen-bond acceptors (Lipinski definition) is 5. The average Bonchev–Trinajstić information content (AvgIpc) is 2.84. The number of aromatic nitrogens is 2. The summed E-state index contributed by atoms with van der Waals surface area (Å²) in [4.78, 5) is 12.3. The van der Waals surface area contributed by atoms with Crippen LogP contribution in [0.5, 0.6) is 0 Å². The van der Waals surface area contributed by atoms with E-state index >= 15 is 0 Å². The molecule has 1 N–H and O–H groups in total. The minimum Gasteiger partial charge on any atom is -0.354 e. The Bertz CT molecular complexity index is 496. The number of hydrogen-bond donors (Lipinski definition) is 1. The second-order valence-corrected chi connectivity index (χ2v) is 5.20. The Labute approximate surface area is 112 Å². The number of aryl methyl sites for hydroxylation is 1. The third-order valence-electron chi connectivity index (χ3n) is 2.61. The molecule has 18 heavy (non-hydrogen) atoms. The van der Waals surface area contributed by atoms with E-state index in [1.165, 1.54) is 4.88 Å². The Kier molecular flexibility index (Phi) is 4.15. The fraction of sp³-hybridized carbons (Fsp3) is 0.385. The van der Waals surface area contributed by atoms with Gasteiger partial charge in [-0.1, -0.05) is 6.07 Å². The highest BCUT2D eigenvalue weighted by Crippen LogP contribution is 2.20. The Balaban J connectivity index is 2.17. The zero-order valence-corrected chi connectivity index (χ0v) is 11.8. The third-order valence-corrected chi connectivity index (χ3v) is 3.48. The van der Waals surface area contributed by atoms with Crippen molar-refractivity contribution in [2.45, 2.75) is 20.4 Å². The van der Waals surface area contributed by atoms with Crippen molar-refractivity contribution in [3.63, 3.8) is 0 Å². The van der Waals surface area contributed by atoms with Crippen molar-refractivity contribution in [1.29, 1.82) is 0 Å². The molecule has 0 saturated heterocycles. The maximum Gasteiger partial charge on any atom is 0.224 e. The standard InChI is InChI=1S/C13H18N4S/c1-4-14-13-15-8-10(2)12(16-13)17(3)9-11-6-5-7-18-11/h5-8H,4,9H2,1-3H3,(H,14,15,16). The molecule has 0 aromatic carbocycles. The van der Waals surface area contributed by atoms with Gasteiger partial charge in [-0.05, 0) is 25.3 Å². The second kappa shape index (κ2) is 5.82. The molecule has 0 bridgehead atoms.